The first-order chi connectivity index (χ1) is 13.7. The van der Waals surface area contributed by atoms with Crippen molar-refractivity contribution in [2.45, 2.75) is 44.7 Å². The normalized spacial score (nSPS) is 19.0. The summed E-state index contributed by atoms with van der Waals surface area (Å²) in [5.41, 5.74) is 1.71. The quantitative estimate of drug-likeness (QED) is 0.794. The second kappa shape index (κ2) is 8.73. The topological polar surface area (TPSA) is 63.5 Å². The average molecular weight is 383 g/mol. The first-order valence-corrected chi connectivity index (χ1v) is 10.3. The van der Waals surface area contributed by atoms with E-state index in [1.807, 2.05) is 27.9 Å². The summed E-state index contributed by atoms with van der Waals surface area (Å²) in [4.78, 5) is 17.1. The van der Waals surface area contributed by atoms with Gasteiger partial charge in [-0.05, 0) is 30.5 Å². The van der Waals surface area contributed by atoms with Gasteiger partial charge in [0.2, 0.25) is 0 Å². The molecule has 1 aromatic carbocycles. The maximum atomic E-state index is 12.8. The van der Waals surface area contributed by atoms with Gasteiger partial charge in [0.1, 0.15) is 5.75 Å². The van der Waals surface area contributed by atoms with E-state index >= 15 is 0 Å². The number of amides is 1. The fraction of sp³-hybridized carbons (Fsp3) is 0.571. The first-order valence-electron chi connectivity index (χ1n) is 10.3. The van der Waals surface area contributed by atoms with Crippen molar-refractivity contribution >= 4 is 5.91 Å². The summed E-state index contributed by atoms with van der Waals surface area (Å²) in [5, 5.41) is 8.41. The molecule has 1 amide bonds. The molecule has 4 rings (SSSR count). The van der Waals surface area contributed by atoms with Crippen LogP contribution in [0.1, 0.15) is 54.2 Å². The molecule has 2 heterocycles. The van der Waals surface area contributed by atoms with E-state index in [9.17, 15) is 4.79 Å². The number of hydrogen-bond donors (Lipinski definition) is 0. The molecule has 0 spiro atoms. The van der Waals surface area contributed by atoms with Crippen molar-refractivity contribution in [3.05, 3.63) is 41.7 Å². The van der Waals surface area contributed by atoms with Gasteiger partial charge < -0.3 is 9.64 Å². The van der Waals surface area contributed by atoms with Crippen molar-refractivity contribution in [3.8, 4) is 5.75 Å². The van der Waals surface area contributed by atoms with Gasteiger partial charge in [-0.2, -0.15) is 0 Å². The molecule has 7 nitrogen and oxygen atoms in total. The van der Waals surface area contributed by atoms with Crippen LogP contribution in [0.25, 0.3) is 0 Å². The number of ether oxygens (including phenoxy) is 1. The molecule has 1 saturated carbocycles. The molecule has 0 bridgehead atoms. The van der Waals surface area contributed by atoms with Gasteiger partial charge in [0.05, 0.1) is 19.3 Å². The number of piperazine rings is 1. The van der Waals surface area contributed by atoms with E-state index in [-0.39, 0.29) is 5.91 Å². The molecule has 1 aromatic heterocycles. The monoisotopic (exact) mass is 383 g/mol. The third-order valence-electron chi connectivity index (χ3n) is 5.88. The second-order valence-corrected chi connectivity index (χ2v) is 7.80. The predicted octanol–water partition coefficient (Wildman–Crippen LogP) is 2.75. The van der Waals surface area contributed by atoms with E-state index in [1.165, 1.54) is 24.8 Å². The van der Waals surface area contributed by atoms with Gasteiger partial charge in [-0.25, -0.2) is 4.68 Å². The van der Waals surface area contributed by atoms with Crippen LogP contribution >= 0.6 is 0 Å². The molecule has 0 radical (unpaired) electrons. The number of aromatic nitrogens is 3. The Morgan fingerprint density at radius 1 is 1.14 bits per heavy atom. The first kappa shape index (κ1) is 18.9. The van der Waals surface area contributed by atoms with Crippen LogP contribution in [0, 0.1) is 0 Å². The minimum atomic E-state index is 0.00286. The number of methoxy groups -OCH3 is 1. The lowest BCUT2D eigenvalue weighted by atomic mass is 9.96. The van der Waals surface area contributed by atoms with E-state index in [0.29, 0.717) is 11.7 Å². The van der Waals surface area contributed by atoms with Crippen LogP contribution in [-0.2, 0) is 6.54 Å². The molecule has 2 aliphatic rings. The maximum Gasteiger partial charge on any atom is 0.276 e. The molecule has 7 heteroatoms. The van der Waals surface area contributed by atoms with Gasteiger partial charge in [-0.15, -0.1) is 5.10 Å². The van der Waals surface area contributed by atoms with Gasteiger partial charge in [0.25, 0.3) is 5.91 Å². The van der Waals surface area contributed by atoms with Crippen LogP contribution in [0.15, 0.2) is 30.5 Å². The van der Waals surface area contributed by atoms with Crippen LogP contribution < -0.4 is 4.74 Å². The van der Waals surface area contributed by atoms with Crippen molar-refractivity contribution < 1.29 is 9.53 Å². The van der Waals surface area contributed by atoms with Gasteiger partial charge in [0, 0.05) is 32.7 Å². The zero-order valence-electron chi connectivity index (χ0n) is 16.6. The summed E-state index contributed by atoms with van der Waals surface area (Å²) < 4.78 is 7.21. The molecule has 0 N–H and O–H groups in total. The summed E-state index contributed by atoms with van der Waals surface area (Å²) >= 11 is 0. The Labute approximate surface area is 166 Å². The summed E-state index contributed by atoms with van der Waals surface area (Å²) in [6, 6.07) is 8.57. The minimum absolute atomic E-state index is 0.00286. The van der Waals surface area contributed by atoms with Crippen LogP contribution in [0.2, 0.25) is 0 Å². The van der Waals surface area contributed by atoms with Crippen molar-refractivity contribution in [2.75, 3.05) is 33.3 Å². The van der Waals surface area contributed by atoms with Crippen LogP contribution in [0.5, 0.6) is 5.75 Å². The Kier molecular flexibility index (Phi) is 5.90. The molecular formula is C21H29N5O2. The highest BCUT2D eigenvalue weighted by atomic mass is 16.5. The number of rotatable bonds is 5. The smallest absolute Gasteiger partial charge is 0.276 e. The third-order valence-corrected chi connectivity index (χ3v) is 5.88. The molecule has 150 valence electrons. The fourth-order valence-electron chi connectivity index (χ4n) is 4.20. The van der Waals surface area contributed by atoms with E-state index in [2.05, 4.69) is 27.3 Å². The summed E-state index contributed by atoms with van der Waals surface area (Å²) in [6.07, 6.45) is 7.91. The zero-order valence-corrected chi connectivity index (χ0v) is 16.6. The van der Waals surface area contributed by atoms with E-state index < -0.39 is 0 Å². The second-order valence-electron chi connectivity index (χ2n) is 7.80. The zero-order chi connectivity index (χ0) is 19.3. The summed E-state index contributed by atoms with van der Waals surface area (Å²) in [5.74, 6) is 0.885. The fourth-order valence-corrected chi connectivity index (χ4v) is 4.20. The number of nitrogens with zero attached hydrogens (tertiary/aromatic N) is 5. The Hall–Kier alpha value is -2.41. The van der Waals surface area contributed by atoms with Crippen LogP contribution in [0.4, 0.5) is 0 Å². The Bertz CT molecular complexity index is 792. The van der Waals surface area contributed by atoms with Crippen molar-refractivity contribution in [1.29, 1.82) is 0 Å². The summed E-state index contributed by atoms with van der Waals surface area (Å²) in [6.45, 7) is 4.04. The molecule has 0 unspecified atom stereocenters. The van der Waals surface area contributed by atoms with Crippen LogP contribution in [0.3, 0.4) is 0 Å². The highest BCUT2D eigenvalue weighted by Gasteiger charge is 2.25. The van der Waals surface area contributed by atoms with Gasteiger partial charge in [-0.1, -0.05) is 36.6 Å². The average Bonchev–Trinajstić information content (AvgIpc) is 3.25. The van der Waals surface area contributed by atoms with Gasteiger partial charge in [0.15, 0.2) is 5.69 Å². The van der Waals surface area contributed by atoms with Crippen molar-refractivity contribution in [3.63, 3.8) is 0 Å². The highest BCUT2D eigenvalue weighted by Crippen LogP contribution is 2.27. The Morgan fingerprint density at radius 3 is 2.68 bits per heavy atom. The lowest BCUT2D eigenvalue weighted by Gasteiger charge is -2.34. The van der Waals surface area contributed by atoms with E-state index in [1.54, 1.807) is 7.11 Å². The highest BCUT2D eigenvalue weighted by molar-refractivity contribution is 5.92. The molecule has 28 heavy (non-hydrogen) atoms. The molecule has 2 aromatic rings. The van der Waals surface area contributed by atoms with E-state index in [0.717, 1.165) is 51.3 Å². The van der Waals surface area contributed by atoms with Gasteiger partial charge in [-0.3, -0.25) is 9.69 Å². The Balaban J connectivity index is 1.30. The molecule has 1 aliphatic carbocycles. The third kappa shape index (κ3) is 4.35. The number of hydrogen-bond acceptors (Lipinski definition) is 5. The lowest BCUT2D eigenvalue weighted by Crippen LogP contribution is -2.48. The van der Waals surface area contributed by atoms with Crippen molar-refractivity contribution in [2.24, 2.45) is 0 Å². The largest absolute Gasteiger partial charge is 0.497 e. The summed E-state index contributed by atoms with van der Waals surface area (Å²) in [7, 11) is 1.69. The van der Waals surface area contributed by atoms with Crippen molar-refractivity contribution in [1.82, 2.24) is 24.8 Å². The number of carbonyl (C=O) groups is 1. The lowest BCUT2D eigenvalue weighted by molar-refractivity contribution is 0.0622. The van der Waals surface area contributed by atoms with Gasteiger partial charge >= 0.3 is 0 Å². The standard InChI is InChI=1S/C21H29N5O2/c1-28-19-9-5-6-17(14-19)15-24-10-12-25(13-11-24)21(27)20-16-26(23-22-20)18-7-3-2-4-8-18/h5-6,9,14,16,18H,2-4,7-8,10-13,15H2,1H3. The Morgan fingerprint density at radius 2 is 1.93 bits per heavy atom. The minimum Gasteiger partial charge on any atom is -0.497 e. The molecule has 1 aliphatic heterocycles. The molecule has 0 atom stereocenters. The molecule has 1 saturated heterocycles. The maximum absolute atomic E-state index is 12.8. The number of carbonyl (C=O) groups excluding carboxylic acids is 1. The van der Waals surface area contributed by atoms with E-state index in [4.69, 9.17) is 4.74 Å². The molecular weight excluding hydrogens is 354 g/mol. The molecule has 2 fully saturated rings. The predicted molar refractivity (Wildman–Crippen MR) is 106 cm³/mol. The SMILES string of the molecule is COc1cccc(CN2CCN(C(=O)c3cn(C4CCCCC4)nn3)CC2)c1. The van der Waals surface area contributed by atoms with Crippen LogP contribution in [-0.4, -0.2) is 64.0 Å². The number of benzene rings is 1.